The van der Waals surface area contributed by atoms with Gasteiger partial charge in [-0.05, 0) is 19.1 Å². The summed E-state index contributed by atoms with van der Waals surface area (Å²) in [5.74, 6) is 0.412. The molecule has 0 bridgehead atoms. The summed E-state index contributed by atoms with van der Waals surface area (Å²) in [5.41, 5.74) is 7.79. The number of hydrogen-bond acceptors (Lipinski definition) is 3. The van der Waals surface area contributed by atoms with Gasteiger partial charge in [-0.1, -0.05) is 30.3 Å². The average molecular weight is 212 g/mol. The summed E-state index contributed by atoms with van der Waals surface area (Å²) >= 11 is 0. The molecule has 1 aromatic heterocycles. The third-order valence-corrected chi connectivity index (χ3v) is 2.34. The Morgan fingerprint density at radius 2 is 1.81 bits per heavy atom. The lowest BCUT2D eigenvalue weighted by Gasteiger charge is -2.06. The quantitative estimate of drug-likeness (QED) is 0.778. The second-order valence-corrected chi connectivity index (χ2v) is 3.55. The molecule has 2 N–H and O–H groups in total. The van der Waals surface area contributed by atoms with Crippen molar-refractivity contribution in [3.05, 3.63) is 48.0 Å². The van der Waals surface area contributed by atoms with Crippen LogP contribution in [-0.2, 0) is 0 Å². The third-order valence-electron chi connectivity index (χ3n) is 2.34. The monoisotopic (exact) mass is 212 g/mol. The van der Waals surface area contributed by atoms with Gasteiger partial charge in [-0.25, -0.2) is 4.98 Å². The minimum atomic E-state index is -0.00801. The topological polar surface area (TPSA) is 56.0 Å². The number of nitrogens with two attached hydrogens (primary N) is 1. The first kappa shape index (κ1) is 10.4. The molecule has 2 aromatic rings. The molecule has 0 aliphatic heterocycles. The molecule has 0 fully saturated rings. The summed E-state index contributed by atoms with van der Waals surface area (Å²) in [5, 5.41) is 0. The smallest absolute Gasteiger partial charge is 0.161 e. The van der Waals surface area contributed by atoms with Crippen LogP contribution in [0.4, 0.5) is 5.82 Å². The fourth-order valence-corrected chi connectivity index (χ4v) is 1.57. The first-order valence-electron chi connectivity index (χ1n) is 5.01. The van der Waals surface area contributed by atoms with Crippen molar-refractivity contribution in [3.8, 4) is 11.3 Å². The van der Waals surface area contributed by atoms with Crippen LogP contribution < -0.4 is 5.73 Å². The molecule has 1 heterocycles. The average Bonchev–Trinajstić information content (AvgIpc) is 2.29. The van der Waals surface area contributed by atoms with Crippen LogP contribution in [0.15, 0.2) is 42.5 Å². The molecule has 0 saturated carbocycles. The second-order valence-electron chi connectivity index (χ2n) is 3.55. The number of nitrogens with zero attached hydrogens (tertiary/aromatic N) is 1. The van der Waals surface area contributed by atoms with Gasteiger partial charge in [0, 0.05) is 11.1 Å². The van der Waals surface area contributed by atoms with Crippen LogP contribution >= 0.6 is 0 Å². The molecule has 0 saturated heterocycles. The Labute approximate surface area is 93.9 Å². The molecule has 0 spiro atoms. The largest absolute Gasteiger partial charge is 0.384 e. The number of pyridine rings is 1. The number of carbonyl (C=O) groups is 1. The van der Waals surface area contributed by atoms with E-state index in [1.807, 2.05) is 30.3 Å². The zero-order chi connectivity index (χ0) is 11.5. The molecule has 16 heavy (non-hydrogen) atoms. The van der Waals surface area contributed by atoms with Crippen LogP contribution in [0.3, 0.4) is 0 Å². The number of benzene rings is 1. The Bertz CT molecular complexity index is 521. The summed E-state index contributed by atoms with van der Waals surface area (Å²) in [7, 11) is 0. The molecule has 3 heteroatoms. The van der Waals surface area contributed by atoms with E-state index in [4.69, 9.17) is 5.73 Å². The van der Waals surface area contributed by atoms with E-state index in [1.54, 1.807) is 12.1 Å². The van der Waals surface area contributed by atoms with Crippen molar-refractivity contribution in [2.24, 2.45) is 0 Å². The van der Waals surface area contributed by atoms with Crippen LogP contribution in [0.25, 0.3) is 11.3 Å². The van der Waals surface area contributed by atoms with Crippen molar-refractivity contribution in [3.63, 3.8) is 0 Å². The molecule has 80 valence electrons. The van der Waals surface area contributed by atoms with Crippen LogP contribution in [0.2, 0.25) is 0 Å². The Kier molecular flexibility index (Phi) is 2.68. The maximum absolute atomic E-state index is 11.5. The lowest BCUT2D eigenvalue weighted by atomic mass is 10.0. The molecule has 0 aliphatic rings. The number of nitrogen functional groups attached to an aromatic ring is 1. The molecule has 0 amide bonds. The highest BCUT2D eigenvalue weighted by atomic mass is 16.1. The van der Waals surface area contributed by atoms with Crippen molar-refractivity contribution in [2.45, 2.75) is 6.92 Å². The molecule has 1 aromatic carbocycles. The van der Waals surface area contributed by atoms with Gasteiger partial charge in [0.05, 0.1) is 5.69 Å². The number of carbonyl (C=O) groups excluding carboxylic acids is 1. The molecule has 2 rings (SSSR count). The van der Waals surface area contributed by atoms with Crippen LogP contribution in [0.5, 0.6) is 0 Å². The summed E-state index contributed by atoms with van der Waals surface area (Å²) in [4.78, 5) is 15.7. The maximum Gasteiger partial charge on any atom is 0.161 e. The van der Waals surface area contributed by atoms with Gasteiger partial charge in [-0.2, -0.15) is 0 Å². The van der Waals surface area contributed by atoms with Crippen LogP contribution in [-0.4, -0.2) is 10.8 Å². The van der Waals surface area contributed by atoms with Gasteiger partial charge in [0.25, 0.3) is 0 Å². The predicted molar refractivity (Wildman–Crippen MR) is 64.1 cm³/mol. The summed E-state index contributed by atoms with van der Waals surface area (Å²) < 4.78 is 0. The third kappa shape index (κ3) is 1.93. The van der Waals surface area contributed by atoms with E-state index in [1.165, 1.54) is 6.92 Å². The summed E-state index contributed by atoms with van der Waals surface area (Å²) in [6, 6.07) is 12.9. The van der Waals surface area contributed by atoms with Gasteiger partial charge in [0.15, 0.2) is 5.78 Å². The lowest BCUT2D eigenvalue weighted by molar-refractivity contribution is 0.101. The standard InChI is InChI=1S/C13H12N2O/c1-9(16)11-7-8-12(14)15-13(11)10-5-3-2-4-6-10/h2-8H,1H3,(H2,14,15). The zero-order valence-corrected chi connectivity index (χ0v) is 8.97. The number of hydrogen-bond donors (Lipinski definition) is 1. The number of Topliss-reactive ketones (excluding diaryl/α,β-unsaturated/α-hetero) is 1. The van der Waals surface area contributed by atoms with E-state index in [2.05, 4.69) is 4.98 Å². The van der Waals surface area contributed by atoms with Gasteiger partial charge in [0.1, 0.15) is 5.82 Å². The second kappa shape index (κ2) is 4.14. The van der Waals surface area contributed by atoms with Gasteiger partial charge in [-0.15, -0.1) is 0 Å². The Hall–Kier alpha value is -2.16. The molecular weight excluding hydrogens is 200 g/mol. The van der Waals surface area contributed by atoms with Crippen LogP contribution in [0.1, 0.15) is 17.3 Å². The van der Waals surface area contributed by atoms with Crippen molar-refractivity contribution in [1.29, 1.82) is 0 Å². The van der Waals surface area contributed by atoms with Crippen molar-refractivity contribution in [2.75, 3.05) is 5.73 Å². The molecule has 0 radical (unpaired) electrons. The Morgan fingerprint density at radius 1 is 1.12 bits per heavy atom. The van der Waals surface area contributed by atoms with Crippen molar-refractivity contribution in [1.82, 2.24) is 4.98 Å². The van der Waals surface area contributed by atoms with E-state index in [0.717, 1.165) is 5.56 Å². The predicted octanol–water partition coefficient (Wildman–Crippen LogP) is 2.53. The highest BCUT2D eigenvalue weighted by Crippen LogP contribution is 2.22. The van der Waals surface area contributed by atoms with E-state index >= 15 is 0 Å². The molecule has 0 aliphatic carbocycles. The van der Waals surface area contributed by atoms with Gasteiger partial charge in [-0.3, -0.25) is 4.79 Å². The summed E-state index contributed by atoms with van der Waals surface area (Å²) in [6.07, 6.45) is 0. The van der Waals surface area contributed by atoms with E-state index < -0.39 is 0 Å². The van der Waals surface area contributed by atoms with Crippen LogP contribution in [0, 0.1) is 0 Å². The summed E-state index contributed by atoms with van der Waals surface area (Å²) in [6.45, 7) is 1.53. The van der Waals surface area contributed by atoms with Crippen molar-refractivity contribution < 1.29 is 4.79 Å². The molecule has 0 unspecified atom stereocenters. The van der Waals surface area contributed by atoms with E-state index in [-0.39, 0.29) is 5.78 Å². The fourth-order valence-electron chi connectivity index (χ4n) is 1.57. The lowest BCUT2D eigenvalue weighted by Crippen LogP contribution is -2.01. The minimum absolute atomic E-state index is 0.00801. The first-order chi connectivity index (χ1) is 7.68. The van der Waals surface area contributed by atoms with Gasteiger partial charge < -0.3 is 5.73 Å². The van der Waals surface area contributed by atoms with Gasteiger partial charge >= 0.3 is 0 Å². The normalized spacial score (nSPS) is 10.1. The molecular formula is C13H12N2O. The van der Waals surface area contributed by atoms with Crippen molar-refractivity contribution >= 4 is 11.6 Å². The number of ketones is 1. The van der Waals surface area contributed by atoms with Gasteiger partial charge in [0.2, 0.25) is 0 Å². The molecule has 3 nitrogen and oxygen atoms in total. The molecule has 0 atom stereocenters. The number of rotatable bonds is 2. The zero-order valence-electron chi connectivity index (χ0n) is 8.97. The minimum Gasteiger partial charge on any atom is -0.384 e. The Balaban J connectivity index is 2.63. The highest BCUT2D eigenvalue weighted by molar-refractivity contribution is 6.00. The number of aromatic nitrogens is 1. The highest BCUT2D eigenvalue weighted by Gasteiger charge is 2.10. The fraction of sp³-hybridized carbons (Fsp3) is 0.0769. The number of anilines is 1. The first-order valence-corrected chi connectivity index (χ1v) is 5.01. The van der Waals surface area contributed by atoms with E-state index in [9.17, 15) is 4.79 Å². The van der Waals surface area contributed by atoms with E-state index in [0.29, 0.717) is 17.1 Å². The Morgan fingerprint density at radius 3 is 2.44 bits per heavy atom. The maximum atomic E-state index is 11.5. The SMILES string of the molecule is CC(=O)c1ccc(N)nc1-c1ccccc1.